The number of aliphatic hydroxyl groups excluding tert-OH is 1. The number of likely N-dealkylation sites (N-methyl/N-ethyl adjacent to an activating group) is 1. The standard InChI is InChI=1S/C17H21BrN4O3S/c1-4-17(2,10-25-12-7-5-11(18)6-8-12)14-19-20-15(26-14)22-13(23)9-21(3)16(22)24/h5-8,13,23H,4,9-10H2,1-3H3. The maximum atomic E-state index is 12.2. The molecule has 1 fully saturated rings. The van der Waals surface area contributed by atoms with Crippen LogP contribution in [0.5, 0.6) is 5.75 Å². The van der Waals surface area contributed by atoms with Crippen LogP contribution in [0.2, 0.25) is 0 Å². The van der Waals surface area contributed by atoms with Crippen molar-refractivity contribution in [3.8, 4) is 5.75 Å². The molecule has 2 heterocycles. The fourth-order valence-electron chi connectivity index (χ4n) is 2.57. The summed E-state index contributed by atoms with van der Waals surface area (Å²) in [6.07, 6.45) is -0.102. The number of carbonyl (C=O) groups is 1. The lowest BCUT2D eigenvalue weighted by molar-refractivity contribution is 0.183. The van der Waals surface area contributed by atoms with Gasteiger partial charge in [-0.3, -0.25) is 0 Å². The highest BCUT2D eigenvalue weighted by atomic mass is 79.9. The number of nitrogens with zero attached hydrogens (tertiary/aromatic N) is 4. The lowest BCUT2D eigenvalue weighted by atomic mass is 9.89. The van der Waals surface area contributed by atoms with Gasteiger partial charge in [0.1, 0.15) is 10.8 Å². The Bertz CT molecular complexity index is 785. The van der Waals surface area contributed by atoms with E-state index in [4.69, 9.17) is 4.74 Å². The van der Waals surface area contributed by atoms with E-state index in [9.17, 15) is 9.90 Å². The number of halogens is 1. The summed E-state index contributed by atoms with van der Waals surface area (Å²) < 4.78 is 6.94. The lowest BCUT2D eigenvalue weighted by Crippen LogP contribution is -2.34. The van der Waals surface area contributed by atoms with Crippen molar-refractivity contribution >= 4 is 38.4 Å². The summed E-state index contributed by atoms with van der Waals surface area (Å²) in [5.74, 6) is 0.782. The number of β-amino-alcohol motifs (C(OH)–C–C–N with tert-alkyl or cyclic N) is 1. The van der Waals surface area contributed by atoms with E-state index in [0.29, 0.717) is 11.7 Å². The number of rotatable bonds is 6. The Morgan fingerprint density at radius 1 is 1.38 bits per heavy atom. The van der Waals surface area contributed by atoms with Crippen LogP contribution >= 0.6 is 27.3 Å². The molecule has 1 aliphatic rings. The minimum atomic E-state index is -0.903. The number of ether oxygens (including phenoxy) is 1. The van der Waals surface area contributed by atoms with Crippen LogP contribution in [0.1, 0.15) is 25.3 Å². The quantitative estimate of drug-likeness (QED) is 0.745. The molecule has 2 atom stereocenters. The average Bonchev–Trinajstić information content (AvgIpc) is 3.19. The molecule has 26 heavy (non-hydrogen) atoms. The Morgan fingerprint density at radius 2 is 2.08 bits per heavy atom. The molecule has 0 aliphatic carbocycles. The topological polar surface area (TPSA) is 78.8 Å². The largest absolute Gasteiger partial charge is 0.493 e. The van der Waals surface area contributed by atoms with Crippen LogP contribution in [-0.4, -0.2) is 52.7 Å². The Balaban J connectivity index is 1.76. The number of anilines is 1. The molecule has 0 spiro atoms. The smallest absolute Gasteiger partial charge is 0.328 e. The third kappa shape index (κ3) is 3.70. The summed E-state index contributed by atoms with van der Waals surface area (Å²) in [6, 6.07) is 7.39. The van der Waals surface area contributed by atoms with Crippen molar-refractivity contribution in [3.63, 3.8) is 0 Å². The Morgan fingerprint density at radius 3 is 2.65 bits per heavy atom. The number of amides is 2. The van der Waals surface area contributed by atoms with Crippen molar-refractivity contribution in [1.82, 2.24) is 15.1 Å². The highest BCUT2D eigenvalue weighted by Gasteiger charge is 2.39. The number of aromatic nitrogens is 2. The van der Waals surface area contributed by atoms with Crippen LogP contribution in [0.4, 0.5) is 9.93 Å². The monoisotopic (exact) mass is 440 g/mol. The molecule has 2 unspecified atom stereocenters. The predicted octanol–water partition coefficient (Wildman–Crippen LogP) is 3.24. The number of hydrogen-bond donors (Lipinski definition) is 1. The van der Waals surface area contributed by atoms with Gasteiger partial charge in [-0.2, -0.15) is 0 Å². The van der Waals surface area contributed by atoms with Gasteiger partial charge in [-0.15, -0.1) is 10.2 Å². The summed E-state index contributed by atoms with van der Waals surface area (Å²) in [5, 5.41) is 19.7. The van der Waals surface area contributed by atoms with Crippen molar-refractivity contribution < 1.29 is 14.6 Å². The van der Waals surface area contributed by atoms with E-state index in [-0.39, 0.29) is 18.0 Å². The first-order chi connectivity index (χ1) is 12.3. The van der Waals surface area contributed by atoms with Gasteiger partial charge in [0.25, 0.3) is 0 Å². The van der Waals surface area contributed by atoms with Crippen molar-refractivity contribution in [3.05, 3.63) is 33.7 Å². The Kier molecular flexibility index (Phi) is 5.50. The number of hydrogen-bond acceptors (Lipinski definition) is 6. The summed E-state index contributed by atoms with van der Waals surface area (Å²) in [5.41, 5.74) is -0.345. The number of carbonyl (C=O) groups excluding carboxylic acids is 1. The summed E-state index contributed by atoms with van der Waals surface area (Å²) in [6.45, 7) is 4.82. The normalized spacial score (nSPS) is 19.7. The van der Waals surface area contributed by atoms with Crippen LogP contribution < -0.4 is 9.64 Å². The molecule has 3 rings (SSSR count). The number of aliphatic hydroxyl groups is 1. The van der Waals surface area contributed by atoms with E-state index in [1.807, 2.05) is 24.3 Å². The first kappa shape index (κ1) is 19.1. The van der Waals surface area contributed by atoms with Gasteiger partial charge >= 0.3 is 6.03 Å². The summed E-state index contributed by atoms with van der Waals surface area (Å²) in [4.78, 5) is 14.9. The minimum absolute atomic E-state index is 0.255. The van der Waals surface area contributed by atoms with Gasteiger partial charge in [0.15, 0.2) is 6.23 Å². The van der Waals surface area contributed by atoms with Crippen LogP contribution in [-0.2, 0) is 5.41 Å². The molecular weight excluding hydrogens is 420 g/mol. The molecule has 0 radical (unpaired) electrons. The van der Waals surface area contributed by atoms with E-state index in [0.717, 1.165) is 21.7 Å². The second-order valence-corrected chi connectivity index (χ2v) is 8.43. The van der Waals surface area contributed by atoms with Gasteiger partial charge in [-0.05, 0) is 37.6 Å². The Hall–Kier alpha value is -1.71. The van der Waals surface area contributed by atoms with E-state index >= 15 is 0 Å². The van der Waals surface area contributed by atoms with E-state index < -0.39 is 6.23 Å². The van der Waals surface area contributed by atoms with Crippen LogP contribution in [0.25, 0.3) is 0 Å². The number of urea groups is 1. The molecule has 1 aromatic carbocycles. The molecule has 140 valence electrons. The number of benzene rings is 1. The zero-order valence-electron chi connectivity index (χ0n) is 14.8. The zero-order chi connectivity index (χ0) is 18.9. The van der Waals surface area contributed by atoms with Crippen molar-refractivity contribution in [1.29, 1.82) is 0 Å². The maximum Gasteiger partial charge on any atom is 0.328 e. The molecule has 2 amide bonds. The van der Waals surface area contributed by atoms with Crippen molar-refractivity contribution in [2.45, 2.75) is 31.9 Å². The average molecular weight is 441 g/mol. The molecule has 2 aromatic rings. The van der Waals surface area contributed by atoms with E-state index in [2.05, 4.69) is 40.0 Å². The van der Waals surface area contributed by atoms with Gasteiger partial charge in [0, 0.05) is 11.5 Å². The summed E-state index contributed by atoms with van der Waals surface area (Å²) in [7, 11) is 1.65. The fourth-order valence-corrected chi connectivity index (χ4v) is 3.92. The zero-order valence-corrected chi connectivity index (χ0v) is 17.2. The lowest BCUT2D eigenvalue weighted by Gasteiger charge is -2.25. The molecular formula is C17H21BrN4O3S. The molecule has 1 saturated heterocycles. The second kappa shape index (κ2) is 7.50. The van der Waals surface area contributed by atoms with Crippen LogP contribution in [0.15, 0.2) is 28.7 Å². The third-order valence-electron chi connectivity index (χ3n) is 4.56. The molecule has 0 saturated carbocycles. The second-order valence-electron chi connectivity index (χ2n) is 6.56. The minimum Gasteiger partial charge on any atom is -0.493 e. The summed E-state index contributed by atoms with van der Waals surface area (Å²) >= 11 is 4.72. The van der Waals surface area contributed by atoms with Crippen molar-refractivity contribution in [2.75, 3.05) is 25.1 Å². The molecule has 9 heteroatoms. The van der Waals surface area contributed by atoms with Gasteiger partial charge in [-0.25, -0.2) is 9.69 Å². The first-order valence-electron chi connectivity index (χ1n) is 8.29. The van der Waals surface area contributed by atoms with Crippen LogP contribution in [0, 0.1) is 0 Å². The maximum absolute atomic E-state index is 12.2. The molecule has 7 nitrogen and oxygen atoms in total. The van der Waals surface area contributed by atoms with E-state index in [1.54, 1.807) is 7.05 Å². The molecule has 1 aliphatic heterocycles. The SMILES string of the molecule is CCC(C)(COc1ccc(Br)cc1)c1nnc(N2C(=O)N(C)CC2O)s1. The van der Waals surface area contributed by atoms with Gasteiger partial charge in [0.2, 0.25) is 5.13 Å². The van der Waals surface area contributed by atoms with Gasteiger partial charge in [-0.1, -0.05) is 34.2 Å². The van der Waals surface area contributed by atoms with E-state index in [1.165, 1.54) is 21.1 Å². The third-order valence-corrected chi connectivity index (χ3v) is 6.31. The Labute approximate surface area is 164 Å². The molecule has 1 aromatic heterocycles. The highest BCUT2D eigenvalue weighted by molar-refractivity contribution is 9.10. The molecule has 1 N–H and O–H groups in total. The first-order valence-corrected chi connectivity index (χ1v) is 9.90. The van der Waals surface area contributed by atoms with Crippen LogP contribution in [0.3, 0.4) is 0 Å². The van der Waals surface area contributed by atoms with Gasteiger partial charge < -0.3 is 14.7 Å². The van der Waals surface area contributed by atoms with Crippen molar-refractivity contribution in [2.24, 2.45) is 0 Å². The highest BCUT2D eigenvalue weighted by Crippen LogP contribution is 2.35. The van der Waals surface area contributed by atoms with Gasteiger partial charge in [0.05, 0.1) is 18.6 Å². The predicted molar refractivity (Wildman–Crippen MR) is 104 cm³/mol. The fraction of sp³-hybridized carbons (Fsp3) is 0.471. The molecule has 0 bridgehead atoms.